The third kappa shape index (κ3) is 2.88. The second-order valence-corrected chi connectivity index (χ2v) is 6.99. The highest BCUT2D eigenvalue weighted by Crippen LogP contribution is 2.32. The zero-order chi connectivity index (χ0) is 13.9. The van der Waals surface area contributed by atoms with E-state index in [1.54, 1.807) is 22.7 Å². The molecule has 104 valence electrons. The number of benzene rings is 1. The number of thiazole rings is 1. The summed E-state index contributed by atoms with van der Waals surface area (Å²) in [6, 6.07) is 10.5. The number of nitrogens with zero attached hydrogens (tertiary/aromatic N) is 1. The van der Waals surface area contributed by atoms with E-state index in [1.165, 1.54) is 9.58 Å². The molecule has 0 aliphatic heterocycles. The van der Waals surface area contributed by atoms with Crippen LogP contribution in [0.5, 0.6) is 0 Å². The molecule has 2 nitrogen and oxygen atoms in total. The molecule has 1 unspecified atom stereocenters. The first-order chi connectivity index (χ1) is 9.78. The number of likely N-dealkylation sites (N-methyl/N-ethyl adjacent to an activating group) is 1. The van der Waals surface area contributed by atoms with Crippen molar-refractivity contribution < 1.29 is 0 Å². The van der Waals surface area contributed by atoms with Gasteiger partial charge in [0.2, 0.25) is 0 Å². The molecule has 0 radical (unpaired) electrons. The summed E-state index contributed by atoms with van der Waals surface area (Å²) >= 11 is 9.74. The summed E-state index contributed by atoms with van der Waals surface area (Å²) in [7, 11) is 0. The monoisotopic (exact) mass is 322 g/mol. The van der Waals surface area contributed by atoms with Gasteiger partial charge in [-0.2, -0.15) is 0 Å². The van der Waals surface area contributed by atoms with Crippen molar-refractivity contribution in [2.75, 3.05) is 6.54 Å². The summed E-state index contributed by atoms with van der Waals surface area (Å²) in [6.45, 7) is 3.04. The van der Waals surface area contributed by atoms with Gasteiger partial charge >= 0.3 is 0 Å². The van der Waals surface area contributed by atoms with Crippen LogP contribution in [0.3, 0.4) is 0 Å². The highest BCUT2D eigenvalue weighted by Gasteiger charge is 2.17. The first kappa shape index (κ1) is 14.0. The van der Waals surface area contributed by atoms with Crippen LogP contribution in [0.4, 0.5) is 0 Å². The lowest BCUT2D eigenvalue weighted by Gasteiger charge is -2.15. The van der Waals surface area contributed by atoms with Crippen LogP contribution >= 0.6 is 34.3 Å². The topological polar surface area (TPSA) is 24.9 Å². The van der Waals surface area contributed by atoms with E-state index in [-0.39, 0.29) is 6.04 Å². The highest BCUT2D eigenvalue weighted by molar-refractivity contribution is 7.18. The third-order valence-electron chi connectivity index (χ3n) is 3.13. The number of nitrogens with one attached hydrogen (secondary N) is 1. The fraction of sp³-hybridized carbons (Fsp3) is 0.267. The summed E-state index contributed by atoms with van der Waals surface area (Å²) in [5, 5.41) is 7.56. The van der Waals surface area contributed by atoms with E-state index in [2.05, 4.69) is 30.4 Å². The van der Waals surface area contributed by atoms with Crippen molar-refractivity contribution in [3.8, 4) is 0 Å². The Hall–Kier alpha value is -0.940. The Bertz CT molecular complexity index is 672. The van der Waals surface area contributed by atoms with Crippen LogP contribution in [0, 0.1) is 0 Å². The van der Waals surface area contributed by atoms with E-state index in [4.69, 9.17) is 16.6 Å². The van der Waals surface area contributed by atoms with Crippen LogP contribution in [-0.2, 0) is 6.42 Å². The van der Waals surface area contributed by atoms with Crippen LogP contribution in [-0.4, -0.2) is 11.5 Å². The van der Waals surface area contributed by atoms with E-state index < -0.39 is 0 Å². The molecule has 0 saturated heterocycles. The molecule has 0 fully saturated rings. The smallest absolute Gasteiger partial charge is 0.0957 e. The zero-order valence-corrected chi connectivity index (χ0v) is 13.5. The fourth-order valence-electron chi connectivity index (χ4n) is 2.24. The van der Waals surface area contributed by atoms with E-state index >= 15 is 0 Å². The first-order valence-electron chi connectivity index (χ1n) is 6.58. The maximum Gasteiger partial charge on any atom is 0.0957 e. The summed E-state index contributed by atoms with van der Waals surface area (Å²) in [5.74, 6) is 0. The van der Waals surface area contributed by atoms with Crippen LogP contribution in [0.15, 0.2) is 35.7 Å². The molecule has 0 saturated carbocycles. The molecule has 3 rings (SSSR count). The quantitative estimate of drug-likeness (QED) is 0.722. The normalized spacial score (nSPS) is 12.9. The predicted molar refractivity (Wildman–Crippen MR) is 89.1 cm³/mol. The Kier molecular flexibility index (Phi) is 4.36. The number of para-hydroxylation sites is 1. The summed E-state index contributed by atoms with van der Waals surface area (Å²) < 4.78 is 1.25. The van der Waals surface area contributed by atoms with E-state index in [0.717, 1.165) is 28.5 Å². The van der Waals surface area contributed by atoms with Crippen molar-refractivity contribution >= 4 is 44.5 Å². The second kappa shape index (κ2) is 6.22. The van der Waals surface area contributed by atoms with Crippen molar-refractivity contribution in [1.82, 2.24) is 10.3 Å². The largest absolute Gasteiger partial charge is 0.309 e. The molecule has 20 heavy (non-hydrogen) atoms. The first-order valence-corrected chi connectivity index (χ1v) is 8.66. The van der Waals surface area contributed by atoms with Crippen LogP contribution < -0.4 is 5.32 Å². The summed E-state index contributed by atoms with van der Waals surface area (Å²) in [5.41, 5.74) is 1.08. The minimum Gasteiger partial charge on any atom is -0.309 e. The number of aromatic nitrogens is 1. The van der Waals surface area contributed by atoms with Gasteiger partial charge < -0.3 is 5.32 Å². The molecule has 2 heterocycles. The van der Waals surface area contributed by atoms with Gasteiger partial charge in [-0.15, -0.1) is 22.7 Å². The minimum atomic E-state index is 0.244. The van der Waals surface area contributed by atoms with Gasteiger partial charge in [-0.3, -0.25) is 0 Å². The molecule has 0 bridgehead atoms. The Morgan fingerprint density at radius 3 is 2.85 bits per heavy atom. The van der Waals surface area contributed by atoms with Gasteiger partial charge in [-0.1, -0.05) is 30.7 Å². The van der Waals surface area contributed by atoms with Gasteiger partial charge in [0.25, 0.3) is 0 Å². The average Bonchev–Trinajstić information content (AvgIpc) is 3.03. The number of rotatable bonds is 5. The number of fused-ring (bicyclic) bond motifs is 1. The van der Waals surface area contributed by atoms with E-state index in [1.807, 2.05) is 17.5 Å². The molecule has 3 aromatic rings. The average molecular weight is 323 g/mol. The number of hydrogen-bond acceptors (Lipinski definition) is 4. The predicted octanol–water partition coefficient (Wildman–Crippen LogP) is 4.90. The molecular formula is C15H15ClN2S2. The van der Waals surface area contributed by atoms with E-state index in [0.29, 0.717) is 0 Å². The maximum atomic E-state index is 6.27. The van der Waals surface area contributed by atoms with Gasteiger partial charge in [0, 0.05) is 17.3 Å². The van der Waals surface area contributed by atoms with Crippen molar-refractivity contribution in [3.63, 3.8) is 0 Å². The van der Waals surface area contributed by atoms with Gasteiger partial charge in [-0.05, 0) is 30.1 Å². The Balaban J connectivity index is 1.88. The maximum absolute atomic E-state index is 6.27. The summed E-state index contributed by atoms with van der Waals surface area (Å²) in [4.78, 5) is 5.92. The molecule has 0 spiro atoms. The van der Waals surface area contributed by atoms with Crippen LogP contribution in [0.2, 0.25) is 5.02 Å². The third-order valence-corrected chi connectivity index (χ3v) is 5.66. The van der Waals surface area contributed by atoms with Crippen molar-refractivity contribution in [3.05, 3.63) is 50.6 Å². The standard InChI is InChI=1S/C15H15ClN2S2/c1-2-17-12(15-10(16)7-8-19-15)9-14-18-11-5-3-4-6-13(11)20-14/h3-8,12,17H,2,9H2,1H3. The molecule has 5 heteroatoms. The molecule has 2 aromatic heterocycles. The van der Waals surface area contributed by atoms with Crippen molar-refractivity contribution in [2.24, 2.45) is 0 Å². The van der Waals surface area contributed by atoms with E-state index in [9.17, 15) is 0 Å². The second-order valence-electron chi connectivity index (χ2n) is 4.52. The molecule has 1 N–H and O–H groups in total. The molecule has 1 aromatic carbocycles. The Morgan fingerprint density at radius 2 is 2.15 bits per heavy atom. The van der Waals surface area contributed by atoms with Crippen molar-refractivity contribution in [2.45, 2.75) is 19.4 Å². The lowest BCUT2D eigenvalue weighted by Crippen LogP contribution is -2.22. The number of hydrogen-bond donors (Lipinski definition) is 1. The SMILES string of the molecule is CCNC(Cc1nc2ccccc2s1)c1sccc1Cl. The molecule has 0 aliphatic carbocycles. The molecular weight excluding hydrogens is 308 g/mol. The van der Waals surface area contributed by atoms with Crippen LogP contribution in [0.1, 0.15) is 22.9 Å². The lowest BCUT2D eigenvalue weighted by atomic mass is 10.1. The molecule has 0 amide bonds. The Morgan fingerprint density at radius 1 is 1.30 bits per heavy atom. The fourth-order valence-corrected chi connectivity index (χ4v) is 4.52. The van der Waals surface area contributed by atoms with Gasteiger partial charge in [0.15, 0.2) is 0 Å². The van der Waals surface area contributed by atoms with Crippen LogP contribution in [0.25, 0.3) is 10.2 Å². The van der Waals surface area contributed by atoms with Gasteiger partial charge in [0.1, 0.15) is 0 Å². The zero-order valence-electron chi connectivity index (χ0n) is 11.1. The molecule has 1 atom stereocenters. The minimum absolute atomic E-state index is 0.244. The van der Waals surface area contributed by atoms with Gasteiger partial charge in [0.05, 0.1) is 20.2 Å². The van der Waals surface area contributed by atoms with Crippen molar-refractivity contribution in [1.29, 1.82) is 0 Å². The highest BCUT2D eigenvalue weighted by atomic mass is 35.5. The Labute approximate surface area is 131 Å². The lowest BCUT2D eigenvalue weighted by molar-refractivity contribution is 0.557. The summed E-state index contributed by atoms with van der Waals surface area (Å²) in [6.07, 6.45) is 0.882. The number of thiophene rings is 1. The molecule has 0 aliphatic rings. The number of halogens is 1. The van der Waals surface area contributed by atoms with Gasteiger partial charge in [-0.25, -0.2) is 4.98 Å².